The van der Waals surface area contributed by atoms with E-state index in [0.717, 1.165) is 30.9 Å². The van der Waals surface area contributed by atoms with E-state index in [4.69, 9.17) is 0 Å². The molecule has 0 aromatic carbocycles. The van der Waals surface area contributed by atoms with Gasteiger partial charge in [0.05, 0.1) is 23.1 Å². The summed E-state index contributed by atoms with van der Waals surface area (Å²) in [6.07, 6.45) is 2.95. The van der Waals surface area contributed by atoms with Gasteiger partial charge in [-0.25, -0.2) is 0 Å². The molecular weight excluding hydrogens is 250 g/mol. The van der Waals surface area contributed by atoms with E-state index in [9.17, 15) is 0 Å². The Balaban J connectivity index is 2.44. The van der Waals surface area contributed by atoms with Crippen LogP contribution in [0.3, 0.4) is 0 Å². The summed E-state index contributed by atoms with van der Waals surface area (Å²) in [5, 5.41) is 16.4. The highest BCUT2D eigenvalue weighted by Gasteiger charge is 2.20. The third-order valence-corrected chi connectivity index (χ3v) is 3.39. The molecule has 1 unspecified atom stereocenters. The maximum atomic E-state index is 4.38. The molecule has 0 aliphatic carbocycles. The minimum atomic E-state index is 0.117. The summed E-state index contributed by atoms with van der Waals surface area (Å²) in [7, 11) is 0. The van der Waals surface area contributed by atoms with Gasteiger partial charge in [0, 0.05) is 18.3 Å². The molecule has 0 aliphatic heterocycles. The molecule has 0 saturated heterocycles. The molecule has 5 heteroatoms. The Labute approximate surface area is 120 Å². The third-order valence-electron chi connectivity index (χ3n) is 3.39. The zero-order valence-corrected chi connectivity index (χ0v) is 12.7. The van der Waals surface area contributed by atoms with Crippen LogP contribution in [0.1, 0.15) is 49.0 Å². The number of hydrogen-bond donors (Lipinski definition) is 1. The summed E-state index contributed by atoms with van der Waals surface area (Å²) >= 11 is 0. The molecule has 2 aromatic heterocycles. The smallest absolute Gasteiger partial charge is 0.0767 e. The normalized spacial score (nSPS) is 12.6. The van der Waals surface area contributed by atoms with E-state index in [1.54, 1.807) is 0 Å². The summed E-state index contributed by atoms with van der Waals surface area (Å²) in [5.41, 5.74) is 4.27. The molecule has 2 heterocycles. The van der Waals surface area contributed by atoms with Gasteiger partial charge in [-0.05, 0) is 45.9 Å². The number of nitrogens with one attached hydrogen (secondary N) is 1. The lowest BCUT2D eigenvalue weighted by Crippen LogP contribution is -2.27. The first-order valence-corrected chi connectivity index (χ1v) is 7.23. The first-order valence-electron chi connectivity index (χ1n) is 7.23. The topological polar surface area (TPSA) is 55.6 Å². The van der Waals surface area contributed by atoms with Gasteiger partial charge >= 0.3 is 0 Å². The minimum Gasteiger partial charge on any atom is -0.305 e. The van der Waals surface area contributed by atoms with Gasteiger partial charge < -0.3 is 5.32 Å². The molecule has 0 radical (unpaired) electrons. The van der Waals surface area contributed by atoms with Crippen LogP contribution < -0.4 is 5.32 Å². The van der Waals surface area contributed by atoms with E-state index in [1.807, 2.05) is 24.7 Å². The first kappa shape index (κ1) is 14.7. The van der Waals surface area contributed by atoms with Crippen LogP contribution in [0.25, 0.3) is 0 Å². The average molecular weight is 273 g/mol. The van der Waals surface area contributed by atoms with E-state index in [1.165, 1.54) is 11.3 Å². The SMILES string of the molecule is CCCNC(c1cc(C)nnc1C)c1ccnn1CC. The summed E-state index contributed by atoms with van der Waals surface area (Å²) < 4.78 is 2.03. The van der Waals surface area contributed by atoms with Crippen molar-refractivity contribution in [2.75, 3.05) is 6.54 Å². The van der Waals surface area contributed by atoms with Gasteiger partial charge in [0.15, 0.2) is 0 Å². The molecule has 0 spiro atoms. The standard InChI is InChI=1S/C15H23N5/c1-5-8-16-15(14-7-9-17-20(14)6-2)13-10-11(3)18-19-12(13)4/h7,9-10,15-16H,5-6,8H2,1-4H3. The van der Waals surface area contributed by atoms with E-state index >= 15 is 0 Å². The van der Waals surface area contributed by atoms with Crippen LogP contribution in [-0.4, -0.2) is 26.5 Å². The van der Waals surface area contributed by atoms with Gasteiger partial charge in [-0.15, -0.1) is 0 Å². The van der Waals surface area contributed by atoms with Crippen molar-refractivity contribution in [3.8, 4) is 0 Å². The Hall–Kier alpha value is -1.75. The van der Waals surface area contributed by atoms with Crippen molar-refractivity contribution >= 4 is 0 Å². The zero-order chi connectivity index (χ0) is 14.5. The summed E-state index contributed by atoms with van der Waals surface area (Å²) in [4.78, 5) is 0. The molecule has 1 N–H and O–H groups in total. The zero-order valence-electron chi connectivity index (χ0n) is 12.7. The molecule has 2 aromatic rings. The van der Waals surface area contributed by atoms with Crippen LogP contribution in [0.5, 0.6) is 0 Å². The van der Waals surface area contributed by atoms with E-state index in [0.29, 0.717) is 0 Å². The lowest BCUT2D eigenvalue weighted by Gasteiger charge is -2.21. The Morgan fingerprint density at radius 1 is 1.25 bits per heavy atom. The lowest BCUT2D eigenvalue weighted by molar-refractivity contribution is 0.525. The monoisotopic (exact) mass is 273 g/mol. The maximum absolute atomic E-state index is 4.38. The van der Waals surface area contributed by atoms with E-state index in [-0.39, 0.29) is 6.04 Å². The second kappa shape index (κ2) is 6.61. The first-order chi connectivity index (χ1) is 9.67. The third kappa shape index (κ3) is 3.04. The second-order valence-electron chi connectivity index (χ2n) is 4.99. The lowest BCUT2D eigenvalue weighted by atomic mass is 10.0. The van der Waals surface area contributed by atoms with Crippen molar-refractivity contribution < 1.29 is 0 Å². The molecule has 1 atom stereocenters. The largest absolute Gasteiger partial charge is 0.305 e. The van der Waals surface area contributed by atoms with Gasteiger partial charge in [0.2, 0.25) is 0 Å². The predicted molar refractivity (Wildman–Crippen MR) is 79.5 cm³/mol. The van der Waals surface area contributed by atoms with Gasteiger partial charge in [-0.3, -0.25) is 4.68 Å². The fourth-order valence-corrected chi connectivity index (χ4v) is 2.38. The number of aryl methyl sites for hydroxylation is 3. The quantitative estimate of drug-likeness (QED) is 0.878. The Kier molecular flexibility index (Phi) is 4.84. The Bertz CT molecular complexity index is 561. The van der Waals surface area contributed by atoms with Gasteiger partial charge in [-0.2, -0.15) is 15.3 Å². The molecule has 2 rings (SSSR count). The molecule has 0 aliphatic rings. The molecular formula is C15H23N5. The molecule has 108 valence electrons. The van der Waals surface area contributed by atoms with Crippen molar-refractivity contribution in [1.82, 2.24) is 25.3 Å². The molecule has 0 bridgehead atoms. The number of nitrogens with zero attached hydrogens (tertiary/aromatic N) is 4. The number of hydrogen-bond acceptors (Lipinski definition) is 4. The van der Waals surface area contributed by atoms with Gasteiger partial charge in [0.1, 0.15) is 0 Å². The highest BCUT2D eigenvalue weighted by Crippen LogP contribution is 2.24. The number of rotatable bonds is 6. The summed E-state index contributed by atoms with van der Waals surface area (Å²) in [6, 6.07) is 4.31. The molecule has 20 heavy (non-hydrogen) atoms. The van der Waals surface area contributed by atoms with Crippen LogP contribution in [0.2, 0.25) is 0 Å². The molecule has 0 saturated carbocycles. The van der Waals surface area contributed by atoms with Crippen molar-refractivity contribution in [1.29, 1.82) is 0 Å². The van der Waals surface area contributed by atoms with Crippen molar-refractivity contribution in [2.45, 2.75) is 46.7 Å². The van der Waals surface area contributed by atoms with Crippen LogP contribution >= 0.6 is 0 Å². The fourth-order valence-electron chi connectivity index (χ4n) is 2.38. The minimum absolute atomic E-state index is 0.117. The van der Waals surface area contributed by atoms with Crippen LogP contribution in [0.4, 0.5) is 0 Å². The van der Waals surface area contributed by atoms with Crippen LogP contribution in [0.15, 0.2) is 18.3 Å². The second-order valence-corrected chi connectivity index (χ2v) is 4.99. The Morgan fingerprint density at radius 3 is 2.75 bits per heavy atom. The van der Waals surface area contributed by atoms with E-state index < -0.39 is 0 Å². The van der Waals surface area contributed by atoms with Crippen LogP contribution in [0, 0.1) is 13.8 Å². The number of aromatic nitrogens is 4. The van der Waals surface area contributed by atoms with E-state index in [2.05, 4.69) is 46.6 Å². The highest BCUT2D eigenvalue weighted by atomic mass is 15.3. The predicted octanol–water partition coefficient (Wildman–Crippen LogP) is 2.40. The highest BCUT2D eigenvalue weighted by molar-refractivity contribution is 5.31. The summed E-state index contributed by atoms with van der Waals surface area (Å²) in [6.45, 7) is 10.1. The van der Waals surface area contributed by atoms with Gasteiger partial charge in [-0.1, -0.05) is 6.92 Å². The van der Waals surface area contributed by atoms with Crippen molar-refractivity contribution in [2.24, 2.45) is 0 Å². The molecule has 0 amide bonds. The fraction of sp³-hybridized carbons (Fsp3) is 0.533. The molecule has 0 fully saturated rings. The molecule has 5 nitrogen and oxygen atoms in total. The van der Waals surface area contributed by atoms with Gasteiger partial charge in [0.25, 0.3) is 0 Å². The average Bonchev–Trinajstić information content (AvgIpc) is 2.91. The van der Waals surface area contributed by atoms with Crippen molar-refractivity contribution in [3.63, 3.8) is 0 Å². The van der Waals surface area contributed by atoms with Crippen LogP contribution in [-0.2, 0) is 6.54 Å². The maximum Gasteiger partial charge on any atom is 0.0767 e. The summed E-state index contributed by atoms with van der Waals surface area (Å²) in [5.74, 6) is 0. The van der Waals surface area contributed by atoms with Crippen molar-refractivity contribution in [3.05, 3.63) is 41.0 Å². The Morgan fingerprint density at radius 2 is 2.05 bits per heavy atom.